The average Bonchev–Trinajstić information content (AvgIpc) is 1.59. The van der Waals surface area contributed by atoms with Crippen LogP contribution in [-0.2, 0) is 25.7 Å². The molecule has 13 aromatic carbocycles. The number of benzene rings is 13. The number of fused-ring (bicyclic) bond motifs is 12. The smallest absolute Gasteiger partial charge is 0.258 e. The lowest BCUT2D eigenvalue weighted by Gasteiger charge is -2.11. The summed E-state index contributed by atoms with van der Waals surface area (Å²) in [5, 5.41) is 94.4. The van der Waals surface area contributed by atoms with Crippen molar-refractivity contribution < 1.29 is 43.8 Å². The van der Waals surface area contributed by atoms with Gasteiger partial charge in [-0.05, 0) is 216 Å². The van der Waals surface area contributed by atoms with Crippen molar-refractivity contribution in [1.29, 1.82) is 0 Å². The number of rotatable bonds is 18. The molecule has 17 rings (SSSR count). The van der Waals surface area contributed by atoms with Gasteiger partial charge in [-0.3, -0.25) is 80.9 Å². The first kappa shape index (κ1) is 89.9. The average molecular weight is 1740 g/mol. The molecule has 0 atom stereocenters. The van der Waals surface area contributed by atoms with Gasteiger partial charge in [0.2, 0.25) is 0 Å². The molecule has 0 spiro atoms. The van der Waals surface area contributed by atoms with Crippen LogP contribution < -0.4 is 0 Å². The van der Waals surface area contributed by atoms with Crippen LogP contribution >= 0.6 is 0 Å². The fraction of sp³-hybridized carbons (Fsp3) is 0.188. The number of nitro groups is 8. The summed E-state index contributed by atoms with van der Waals surface area (Å²) in [6.07, 6.45) is 1.81. The molecular formula is C101H85FN12O16. The normalized spacial score (nSPS) is 13.2. The number of hydrogen-bond donors (Lipinski definition) is 0. The van der Waals surface area contributed by atoms with Gasteiger partial charge in [0, 0.05) is 143 Å². The van der Waals surface area contributed by atoms with Crippen molar-refractivity contribution in [3.63, 3.8) is 0 Å². The topological polar surface area (TPSA) is 395 Å². The van der Waals surface area contributed by atoms with Crippen molar-refractivity contribution in [3.05, 3.63) is 410 Å². The van der Waals surface area contributed by atoms with E-state index < -0.39 is 39.4 Å². The van der Waals surface area contributed by atoms with Crippen LogP contribution in [0.5, 0.6) is 0 Å². The third-order valence-corrected chi connectivity index (χ3v) is 23.4. The molecule has 0 fully saturated rings. The Kier molecular flexibility index (Phi) is 25.1. The lowest BCUT2D eigenvalue weighted by atomic mass is 9.98. The number of nitrogens with zero attached hydrogens (tertiary/aromatic N) is 12. The van der Waals surface area contributed by atoms with Crippen LogP contribution in [0.2, 0.25) is 0 Å². The van der Waals surface area contributed by atoms with Crippen LogP contribution in [0.3, 0.4) is 0 Å². The van der Waals surface area contributed by atoms with Crippen molar-refractivity contribution in [1.82, 2.24) is 0 Å². The zero-order valence-electron chi connectivity index (χ0n) is 73.3. The first-order valence-corrected chi connectivity index (χ1v) is 41.8. The summed E-state index contributed by atoms with van der Waals surface area (Å²) in [5.74, 6) is -0.144. The number of halogens is 1. The van der Waals surface area contributed by atoms with Gasteiger partial charge in [-0.15, -0.1) is 0 Å². The Morgan fingerprint density at radius 1 is 0.269 bits per heavy atom. The van der Waals surface area contributed by atoms with Crippen molar-refractivity contribution in [2.45, 2.75) is 129 Å². The lowest BCUT2D eigenvalue weighted by Crippen LogP contribution is -2.02. The Morgan fingerprint density at radius 3 is 0.885 bits per heavy atom. The number of aliphatic imine (C=N–C) groups is 4. The predicted octanol–water partition coefficient (Wildman–Crippen LogP) is 26.3. The molecular weight excluding hydrogens is 1660 g/mol. The first-order chi connectivity index (χ1) is 61.9. The van der Waals surface area contributed by atoms with Crippen LogP contribution in [0.25, 0.3) is 55.6 Å². The third kappa shape index (κ3) is 17.1. The second-order valence-electron chi connectivity index (χ2n) is 32.5. The SMILES string of the molecule is CCc1cc2c(cc1[N+](=O)[O-])-c1c(cc(C)cc1[N+](=O)[O-])C2=Nc1c(C)cc(C)cc1C.CCc1cc2c(cc1[N+](=O)[O-])-c1c(cc(C)cc1[N+](=O)[O-])C2=Nc1ccc(F)cc1C.CCc1cc2c(cc1[N+](=O)[O-])-c1c(cc(C)cc1[N+](=O)[O-])C2=Nc1ccccc1-c1ccccc1.CCc1cc2c(cc1[N+](=O)[O-])-c1c(cc(C)cc1[N+](=O)[O-])C2=Nc1ccccc1C(C)C. The zero-order valence-corrected chi connectivity index (χ0v) is 73.3. The van der Waals surface area contributed by atoms with Gasteiger partial charge < -0.3 is 0 Å². The molecule has 28 nitrogen and oxygen atoms in total. The molecule has 652 valence electrons. The Bertz CT molecular complexity index is 7190. The molecule has 0 saturated carbocycles. The molecule has 0 radical (unpaired) electrons. The van der Waals surface area contributed by atoms with E-state index in [1.807, 2.05) is 146 Å². The van der Waals surface area contributed by atoms with E-state index in [9.17, 15) is 85.3 Å². The number of nitro benzene ring substituents is 8. The molecule has 0 unspecified atom stereocenters. The van der Waals surface area contributed by atoms with E-state index in [-0.39, 0.29) is 57.2 Å². The van der Waals surface area contributed by atoms with Crippen LogP contribution in [0.4, 0.5) is 72.6 Å². The Hall–Kier alpha value is -16.3. The summed E-state index contributed by atoms with van der Waals surface area (Å²) >= 11 is 0. The zero-order chi connectivity index (χ0) is 93.6. The second-order valence-corrected chi connectivity index (χ2v) is 32.5. The van der Waals surface area contributed by atoms with Crippen molar-refractivity contribution in [3.8, 4) is 55.6 Å². The monoisotopic (exact) mass is 1740 g/mol. The van der Waals surface area contributed by atoms with Gasteiger partial charge in [-0.2, -0.15) is 0 Å². The molecule has 0 aromatic heterocycles. The van der Waals surface area contributed by atoms with E-state index in [0.29, 0.717) is 182 Å². The van der Waals surface area contributed by atoms with Gasteiger partial charge in [0.15, 0.2) is 0 Å². The van der Waals surface area contributed by atoms with Gasteiger partial charge in [-0.25, -0.2) is 24.4 Å². The third-order valence-electron chi connectivity index (χ3n) is 23.4. The van der Waals surface area contributed by atoms with Gasteiger partial charge in [0.05, 0.1) is 107 Å². The highest BCUT2D eigenvalue weighted by molar-refractivity contribution is 6.30. The molecule has 4 aliphatic carbocycles. The molecule has 0 saturated heterocycles. The fourth-order valence-corrected chi connectivity index (χ4v) is 17.6. The van der Waals surface area contributed by atoms with Crippen molar-refractivity contribution in [2.75, 3.05) is 0 Å². The Labute approximate surface area is 744 Å². The molecule has 0 amide bonds. The Balaban J connectivity index is 0.000000140. The molecule has 0 aliphatic heterocycles. The van der Waals surface area contributed by atoms with E-state index in [1.54, 1.807) is 71.0 Å². The van der Waals surface area contributed by atoms with Gasteiger partial charge in [0.25, 0.3) is 45.5 Å². The molecule has 0 bridgehead atoms. The quantitative estimate of drug-likeness (QED) is 0.0569. The number of aryl methyl sites for hydroxylation is 12. The molecule has 13 aromatic rings. The van der Waals surface area contributed by atoms with Crippen molar-refractivity contribution >= 4 is 91.1 Å². The first-order valence-electron chi connectivity index (χ1n) is 41.8. The minimum atomic E-state index is -0.485. The fourth-order valence-electron chi connectivity index (χ4n) is 17.6. The minimum absolute atomic E-state index is 0.0315. The summed E-state index contributed by atoms with van der Waals surface area (Å²) in [4.78, 5) is 111. The van der Waals surface area contributed by atoms with Crippen LogP contribution in [0.1, 0.15) is 164 Å². The maximum Gasteiger partial charge on any atom is 0.278 e. The lowest BCUT2D eigenvalue weighted by molar-refractivity contribution is -0.385. The van der Waals surface area contributed by atoms with E-state index in [0.717, 1.165) is 61.4 Å². The summed E-state index contributed by atoms with van der Waals surface area (Å²) in [6, 6.07) is 59.9. The maximum atomic E-state index is 13.6. The summed E-state index contributed by atoms with van der Waals surface area (Å²) in [6.45, 7) is 26.4. The molecule has 4 aliphatic rings. The standard InChI is InChI=1S/C28H21N3O4.2C25H23N3O4.C23H18FN3O4/c1-3-18-15-22-21(16-25(18)30(32)33)27-23(13-17(2)14-26(27)31(34)35)28(22)29-24-12-8-7-11-20(24)19-9-5-4-6-10-19;1-6-17-11-19-18(12-21(17)27(29)30)23-20(9-14(3)10-22(23)28(31)32)25(19)26-24-15(4)7-13(2)8-16(24)5;1-5-16-12-19-18(13-22(16)27(29)30)24-20(10-15(4)11-23(24)28(31)32)25(19)26-21-9-7-6-8-17(21)14(2)3;1-4-14-10-17-16(11-20(14)26(28)29)22-18(7-12(2)8-21(22)27(30)31)23(17)25-19-6-5-15(24)9-13(19)3/h4-16H,3H2,1-2H3;7-12H,6H2,1-5H3;6-14H,5H2,1-4H3;5-11H,4H2,1-3H3. The minimum Gasteiger partial charge on any atom is -0.258 e. The van der Waals surface area contributed by atoms with Crippen LogP contribution in [0.15, 0.2) is 226 Å². The highest BCUT2D eigenvalue weighted by Crippen LogP contribution is 2.53. The van der Waals surface area contributed by atoms with Crippen molar-refractivity contribution in [2.24, 2.45) is 20.0 Å². The second kappa shape index (κ2) is 36.3. The highest BCUT2D eigenvalue weighted by atomic mass is 19.1. The molecule has 0 heterocycles. The molecule has 29 heteroatoms. The van der Waals surface area contributed by atoms with Crippen LogP contribution in [-0.4, -0.2) is 62.2 Å². The summed E-state index contributed by atoms with van der Waals surface area (Å²) in [5.41, 5.74) is 24.8. The largest absolute Gasteiger partial charge is 0.278 e. The number of hydrogen-bond acceptors (Lipinski definition) is 20. The van der Waals surface area contributed by atoms with Gasteiger partial charge in [0.1, 0.15) is 5.82 Å². The predicted molar refractivity (Wildman–Crippen MR) is 503 cm³/mol. The highest BCUT2D eigenvalue weighted by Gasteiger charge is 2.41. The summed E-state index contributed by atoms with van der Waals surface area (Å²) in [7, 11) is 0. The van der Waals surface area contributed by atoms with E-state index in [1.165, 1.54) is 60.7 Å². The maximum absolute atomic E-state index is 13.6. The molecule has 0 N–H and O–H groups in total. The van der Waals surface area contributed by atoms with Gasteiger partial charge in [-0.1, -0.05) is 126 Å². The number of para-hydroxylation sites is 2. The summed E-state index contributed by atoms with van der Waals surface area (Å²) < 4.78 is 13.6. The molecule has 130 heavy (non-hydrogen) atoms. The van der Waals surface area contributed by atoms with Crippen LogP contribution in [0, 0.1) is 142 Å². The van der Waals surface area contributed by atoms with Gasteiger partial charge >= 0.3 is 0 Å². The van der Waals surface area contributed by atoms with E-state index in [4.69, 9.17) is 20.0 Å². The van der Waals surface area contributed by atoms with E-state index in [2.05, 4.69) is 26.0 Å². The van der Waals surface area contributed by atoms with E-state index >= 15 is 0 Å². The Morgan fingerprint density at radius 2 is 0.562 bits per heavy atom.